The lowest BCUT2D eigenvalue weighted by atomic mass is 9.82. The first-order valence-corrected chi connectivity index (χ1v) is 6.08. The van der Waals surface area contributed by atoms with E-state index in [1.807, 2.05) is 6.07 Å². The van der Waals surface area contributed by atoms with Crippen molar-refractivity contribution in [2.24, 2.45) is 0 Å². The summed E-state index contributed by atoms with van der Waals surface area (Å²) in [6, 6.07) is 5.34. The molecule has 6 heteroatoms. The first-order chi connectivity index (χ1) is 9.09. The zero-order valence-electron chi connectivity index (χ0n) is 10.1. The molecule has 2 aromatic rings. The van der Waals surface area contributed by atoms with Crippen LogP contribution in [0.1, 0.15) is 24.8 Å². The van der Waals surface area contributed by atoms with Crippen LogP contribution in [0.2, 0.25) is 0 Å². The minimum Gasteiger partial charge on any atom is -0.481 e. The van der Waals surface area contributed by atoms with Crippen molar-refractivity contribution in [3.63, 3.8) is 0 Å². The molecule has 0 amide bonds. The lowest BCUT2D eigenvalue weighted by molar-refractivity contribution is -0.165. The van der Waals surface area contributed by atoms with Gasteiger partial charge in [-0.1, -0.05) is 6.07 Å². The van der Waals surface area contributed by atoms with E-state index in [0.717, 1.165) is 12.0 Å². The van der Waals surface area contributed by atoms with Crippen molar-refractivity contribution in [3.05, 3.63) is 34.3 Å². The Morgan fingerprint density at radius 1 is 1.47 bits per heavy atom. The van der Waals surface area contributed by atoms with E-state index in [9.17, 15) is 9.59 Å². The first kappa shape index (κ1) is 12.0. The minimum absolute atomic E-state index is 0.0507. The molecule has 1 unspecified atom stereocenters. The number of ether oxygens (including phenoxy) is 1. The third-order valence-corrected chi connectivity index (χ3v) is 3.57. The number of hydrogen-bond donors (Lipinski definition) is 2. The van der Waals surface area contributed by atoms with Gasteiger partial charge >= 0.3 is 11.7 Å². The summed E-state index contributed by atoms with van der Waals surface area (Å²) in [6.07, 6.45) is 1.25. The van der Waals surface area contributed by atoms with Gasteiger partial charge in [0, 0.05) is 12.8 Å². The number of benzene rings is 1. The largest absolute Gasteiger partial charge is 0.481 e. The Labute approximate surface area is 108 Å². The summed E-state index contributed by atoms with van der Waals surface area (Å²) < 4.78 is 10.6. The number of aliphatic carboxylic acids is 1. The van der Waals surface area contributed by atoms with Crippen molar-refractivity contribution in [2.45, 2.75) is 24.9 Å². The van der Waals surface area contributed by atoms with Gasteiger partial charge in [-0.3, -0.25) is 9.78 Å². The number of aromatic nitrogens is 1. The molecule has 6 nitrogen and oxygen atoms in total. The van der Waals surface area contributed by atoms with Crippen molar-refractivity contribution in [2.75, 3.05) is 6.61 Å². The maximum atomic E-state index is 11.1. The quantitative estimate of drug-likeness (QED) is 0.874. The fourth-order valence-corrected chi connectivity index (χ4v) is 2.46. The number of hydrogen-bond acceptors (Lipinski definition) is 4. The van der Waals surface area contributed by atoms with Gasteiger partial charge < -0.3 is 14.3 Å². The number of H-pyrrole nitrogens is 1. The summed E-state index contributed by atoms with van der Waals surface area (Å²) in [4.78, 5) is 24.4. The smallest absolute Gasteiger partial charge is 0.417 e. The Morgan fingerprint density at radius 3 is 2.89 bits per heavy atom. The number of carbonyl (C=O) groups is 1. The number of nitrogens with one attached hydrogen (secondary N) is 1. The van der Waals surface area contributed by atoms with Gasteiger partial charge in [-0.05, 0) is 24.1 Å². The van der Waals surface area contributed by atoms with Crippen LogP contribution in [0.5, 0.6) is 0 Å². The van der Waals surface area contributed by atoms with Gasteiger partial charge in [0.05, 0.1) is 17.7 Å². The van der Waals surface area contributed by atoms with Crippen LogP contribution in [-0.4, -0.2) is 22.7 Å². The van der Waals surface area contributed by atoms with Gasteiger partial charge in [0.2, 0.25) is 0 Å². The Kier molecular flexibility index (Phi) is 2.67. The van der Waals surface area contributed by atoms with Crippen LogP contribution in [0.3, 0.4) is 0 Å². The van der Waals surface area contributed by atoms with Crippen LogP contribution < -0.4 is 5.76 Å². The summed E-state index contributed by atoms with van der Waals surface area (Å²) in [7, 11) is 0. The van der Waals surface area contributed by atoms with Crippen LogP contribution >= 0.6 is 0 Å². The zero-order valence-corrected chi connectivity index (χ0v) is 10.1. The molecule has 0 radical (unpaired) electrons. The fraction of sp³-hybridized carbons (Fsp3) is 0.385. The third-order valence-electron chi connectivity index (χ3n) is 3.57. The van der Waals surface area contributed by atoms with E-state index in [4.69, 9.17) is 14.3 Å². The molecule has 1 aliphatic heterocycles. The molecular formula is C13H13NO5. The molecule has 19 heavy (non-hydrogen) atoms. The molecule has 0 saturated carbocycles. The highest BCUT2D eigenvalue weighted by atomic mass is 16.5. The normalized spacial score (nSPS) is 22.3. The van der Waals surface area contributed by atoms with Gasteiger partial charge in [-0.2, -0.15) is 0 Å². The molecule has 1 atom stereocenters. The molecule has 1 fully saturated rings. The summed E-state index contributed by atoms with van der Waals surface area (Å²) >= 11 is 0. The number of rotatable bonds is 4. The first-order valence-electron chi connectivity index (χ1n) is 6.08. The monoisotopic (exact) mass is 263 g/mol. The van der Waals surface area contributed by atoms with Gasteiger partial charge in [0.25, 0.3) is 0 Å². The topological polar surface area (TPSA) is 92.5 Å². The Hall–Kier alpha value is -2.08. The van der Waals surface area contributed by atoms with Crippen LogP contribution in [-0.2, 0) is 15.1 Å². The second-order valence-electron chi connectivity index (χ2n) is 4.71. The average molecular weight is 263 g/mol. The lowest BCUT2D eigenvalue weighted by Crippen LogP contribution is -2.41. The van der Waals surface area contributed by atoms with E-state index in [1.165, 1.54) is 0 Å². The van der Waals surface area contributed by atoms with Gasteiger partial charge in [0.15, 0.2) is 5.58 Å². The van der Waals surface area contributed by atoms with E-state index in [1.54, 1.807) is 12.1 Å². The predicted octanol–water partition coefficient (Wildman–Crippen LogP) is 1.60. The van der Waals surface area contributed by atoms with Gasteiger partial charge in [-0.25, -0.2) is 4.79 Å². The van der Waals surface area contributed by atoms with Crippen LogP contribution in [0.4, 0.5) is 0 Å². The molecule has 1 aromatic heterocycles. The maximum absolute atomic E-state index is 11.1. The standard InChI is InChI=1S/C13H13NO5/c15-11(16)3-4-13(5-6-18-13)8-1-2-9-10(7-8)19-12(17)14-9/h1-2,7H,3-6H2,(H,14,17)(H,15,16). The van der Waals surface area contributed by atoms with Crippen molar-refractivity contribution < 1.29 is 19.1 Å². The van der Waals surface area contributed by atoms with Crippen LogP contribution in [0.25, 0.3) is 11.1 Å². The Bertz CT molecular complexity index is 680. The maximum Gasteiger partial charge on any atom is 0.417 e. The molecule has 1 saturated heterocycles. The summed E-state index contributed by atoms with van der Waals surface area (Å²) in [5.41, 5.74) is 1.40. The number of fused-ring (bicyclic) bond motifs is 1. The predicted molar refractivity (Wildman–Crippen MR) is 66.0 cm³/mol. The fourth-order valence-electron chi connectivity index (χ4n) is 2.46. The van der Waals surface area contributed by atoms with Crippen LogP contribution in [0, 0.1) is 0 Å². The highest BCUT2D eigenvalue weighted by Gasteiger charge is 2.40. The molecule has 0 spiro atoms. The van der Waals surface area contributed by atoms with Crippen molar-refractivity contribution in [1.29, 1.82) is 0 Å². The molecule has 1 aliphatic rings. The second-order valence-corrected chi connectivity index (χ2v) is 4.71. The van der Waals surface area contributed by atoms with Crippen molar-refractivity contribution in [1.82, 2.24) is 4.98 Å². The Balaban J connectivity index is 1.96. The van der Waals surface area contributed by atoms with Crippen molar-refractivity contribution in [3.8, 4) is 0 Å². The zero-order chi connectivity index (χ0) is 13.5. The molecule has 0 aliphatic carbocycles. The molecule has 0 bridgehead atoms. The molecular weight excluding hydrogens is 250 g/mol. The molecule has 2 heterocycles. The summed E-state index contributed by atoms with van der Waals surface area (Å²) in [5, 5.41) is 8.80. The van der Waals surface area contributed by atoms with E-state index >= 15 is 0 Å². The average Bonchev–Trinajstić information content (AvgIpc) is 2.66. The van der Waals surface area contributed by atoms with E-state index in [2.05, 4.69) is 4.98 Å². The summed E-state index contributed by atoms with van der Waals surface area (Å²) in [5.74, 6) is -1.34. The number of oxazole rings is 1. The van der Waals surface area contributed by atoms with E-state index in [0.29, 0.717) is 24.1 Å². The highest BCUT2D eigenvalue weighted by Crippen LogP contribution is 2.42. The molecule has 2 N–H and O–H groups in total. The van der Waals surface area contributed by atoms with E-state index in [-0.39, 0.29) is 6.42 Å². The number of aromatic amines is 1. The molecule has 100 valence electrons. The minimum atomic E-state index is -0.843. The van der Waals surface area contributed by atoms with Gasteiger partial charge in [0.1, 0.15) is 0 Å². The van der Waals surface area contributed by atoms with E-state index < -0.39 is 17.3 Å². The molecule has 3 rings (SSSR count). The number of carboxylic acids is 1. The second kappa shape index (κ2) is 4.24. The van der Waals surface area contributed by atoms with Crippen molar-refractivity contribution >= 4 is 17.1 Å². The summed E-state index contributed by atoms with van der Waals surface area (Å²) in [6.45, 7) is 0.620. The van der Waals surface area contributed by atoms with Gasteiger partial charge in [-0.15, -0.1) is 0 Å². The van der Waals surface area contributed by atoms with Crippen LogP contribution in [0.15, 0.2) is 27.4 Å². The highest BCUT2D eigenvalue weighted by molar-refractivity contribution is 5.73. The Morgan fingerprint density at radius 2 is 2.26 bits per heavy atom. The lowest BCUT2D eigenvalue weighted by Gasteiger charge is -2.42. The third kappa shape index (κ3) is 2.04. The molecule has 1 aromatic carbocycles. The number of carboxylic acid groups (broad SMARTS) is 1. The SMILES string of the molecule is O=C(O)CCC1(c2ccc3[nH]c(=O)oc3c2)CCO1.